The lowest BCUT2D eigenvalue weighted by Gasteiger charge is -2.15. The number of alkyl halides is 3. The SMILES string of the molecule is N#Cc1ccc2c(c1)CC[C@@H]2NC(=O)c1cc(C(=O)NCc2cccc(OC(F)(F)F)c2)nc2ncnn12. The molecule has 38 heavy (non-hydrogen) atoms. The van der Waals surface area contributed by atoms with Crippen molar-refractivity contribution in [3.63, 3.8) is 0 Å². The van der Waals surface area contributed by atoms with Crippen molar-refractivity contribution < 1.29 is 27.5 Å². The zero-order chi connectivity index (χ0) is 26.9. The van der Waals surface area contributed by atoms with Crippen LogP contribution in [0.3, 0.4) is 0 Å². The van der Waals surface area contributed by atoms with E-state index in [9.17, 15) is 22.8 Å². The number of aromatic nitrogens is 4. The third kappa shape index (κ3) is 5.24. The summed E-state index contributed by atoms with van der Waals surface area (Å²) < 4.78 is 42.6. The Morgan fingerprint density at radius 1 is 1.16 bits per heavy atom. The highest BCUT2D eigenvalue weighted by Gasteiger charge is 2.31. The molecular formula is C25H18F3N7O3. The molecule has 13 heteroatoms. The van der Waals surface area contributed by atoms with Crippen LogP contribution in [0.4, 0.5) is 13.2 Å². The molecule has 4 aromatic rings. The first kappa shape index (κ1) is 24.7. The summed E-state index contributed by atoms with van der Waals surface area (Å²) in [5.74, 6) is -1.56. The van der Waals surface area contributed by atoms with Crippen LogP contribution in [-0.2, 0) is 13.0 Å². The molecule has 2 aromatic heterocycles. The van der Waals surface area contributed by atoms with E-state index in [4.69, 9.17) is 5.26 Å². The Morgan fingerprint density at radius 2 is 2.00 bits per heavy atom. The van der Waals surface area contributed by atoms with E-state index >= 15 is 0 Å². The van der Waals surface area contributed by atoms with Gasteiger partial charge in [0.25, 0.3) is 17.6 Å². The van der Waals surface area contributed by atoms with Gasteiger partial charge in [0.05, 0.1) is 17.7 Å². The zero-order valence-electron chi connectivity index (χ0n) is 19.5. The van der Waals surface area contributed by atoms with Gasteiger partial charge in [0.15, 0.2) is 0 Å². The van der Waals surface area contributed by atoms with Crippen LogP contribution in [0.2, 0.25) is 0 Å². The average molecular weight is 521 g/mol. The van der Waals surface area contributed by atoms with E-state index in [2.05, 4.69) is 36.5 Å². The van der Waals surface area contributed by atoms with E-state index in [-0.39, 0.29) is 29.8 Å². The van der Waals surface area contributed by atoms with Gasteiger partial charge in [0.2, 0.25) is 0 Å². The van der Waals surface area contributed by atoms with Crippen molar-refractivity contribution in [3.8, 4) is 11.8 Å². The van der Waals surface area contributed by atoms with Gasteiger partial charge in [0, 0.05) is 12.6 Å². The molecule has 1 aliphatic rings. The van der Waals surface area contributed by atoms with Gasteiger partial charge in [0.1, 0.15) is 23.5 Å². The Labute approximate surface area is 213 Å². The molecule has 10 nitrogen and oxygen atoms in total. The average Bonchev–Trinajstić information content (AvgIpc) is 3.52. The molecule has 1 atom stereocenters. The van der Waals surface area contributed by atoms with Crippen LogP contribution in [0.15, 0.2) is 54.9 Å². The molecule has 2 aromatic carbocycles. The van der Waals surface area contributed by atoms with Gasteiger partial charge in [-0.25, -0.2) is 4.98 Å². The van der Waals surface area contributed by atoms with Crippen molar-refractivity contribution in [1.82, 2.24) is 30.2 Å². The van der Waals surface area contributed by atoms with Crippen LogP contribution in [0, 0.1) is 11.3 Å². The summed E-state index contributed by atoms with van der Waals surface area (Å²) >= 11 is 0. The maximum Gasteiger partial charge on any atom is 0.573 e. The minimum Gasteiger partial charge on any atom is -0.406 e. The summed E-state index contributed by atoms with van der Waals surface area (Å²) in [4.78, 5) is 34.2. The highest BCUT2D eigenvalue weighted by molar-refractivity contribution is 5.98. The van der Waals surface area contributed by atoms with Crippen molar-refractivity contribution in [2.75, 3.05) is 0 Å². The molecule has 0 aliphatic heterocycles. The number of hydrogen-bond donors (Lipinski definition) is 2. The molecule has 1 aliphatic carbocycles. The number of rotatable bonds is 6. The lowest BCUT2D eigenvalue weighted by Crippen LogP contribution is -2.30. The van der Waals surface area contributed by atoms with Gasteiger partial charge in [-0.2, -0.15) is 19.9 Å². The number of fused-ring (bicyclic) bond motifs is 2. The highest BCUT2D eigenvalue weighted by Crippen LogP contribution is 2.32. The molecule has 0 saturated carbocycles. The van der Waals surface area contributed by atoms with Crippen LogP contribution in [0.1, 0.15) is 55.7 Å². The second kappa shape index (κ2) is 9.81. The summed E-state index contributed by atoms with van der Waals surface area (Å²) in [5, 5.41) is 18.7. The Morgan fingerprint density at radius 3 is 2.79 bits per heavy atom. The quantitative estimate of drug-likeness (QED) is 0.398. The zero-order valence-corrected chi connectivity index (χ0v) is 19.5. The topological polar surface area (TPSA) is 134 Å². The number of ether oxygens (including phenoxy) is 1. The first-order valence-corrected chi connectivity index (χ1v) is 11.4. The fraction of sp³-hybridized carbons (Fsp3) is 0.200. The van der Waals surface area contributed by atoms with Gasteiger partial charge in [-0.1, -0.05) is 18.2 Å². The van der Waals surface area contributed by atoms with E-state index in [0.717, 1.165) is 23.3 Å². The first-order chi connectivity index (χ1) is 18.2. The second-order valence-corrected chi connectivity index (χ2v) is 8.47. The van der Waals surface area contributed by atoms with Gasteiger partial charge < -0.3 is 15.4 Å². The molecule has 192 valence electrons. The summed E-state index contributed by atoms with van der Waals surface area (Å²) in [6.07, 6.45) is -2.29. The van der Waals surface area contributed by atoms with Crippen molar-refractivity contribution in [3.05, 3.63) is 88.5 Å². The molecule has 0 fully saturated rings. The summed E-state index contributed by atoms with van der Waals surface area (Å²) in [6.45, 7) is -0.113. The molecule has 0 saturated heterocycles. The number of nitrogens with zero attached hydrogens (tertiary/aromatic N) is 5. The van der Waals surface area contributed by atoms with E-state index in [1.54, 1.807) is 12.1 Å². The number of carbonyl (C=O) groups excluding carboxylic acids is 2. The number of amides is 2. The maximum absolute atomic E-state index is 13.2. The van der Waals surface area contributed by atoms with Gasteiger partial charge in [-0.05, 0) is 53.8 Å². The molecule has 5 rings (SSSR count). The molecule has 0 spiro atoms. The fourth-order valence-corrected chi connectivity index (χ4v) is 4.28. The Hall–Kier alpha value is -4.99. The Kier molecular flexibility index (Phi) is 6.38. The monoisotopic (exact) mass is 521 g/mol. The third-order valence-electron chi connectivity index (χ3n) is 5.96. The van der Waals surface area contributed by atoms with Crippen LogP contribution in [0.25, 0.3) is 5.78 Å². The highest BCUT2D eigenvalue weighted by atomic mass is 19.4. The lowest BCUT2D eigenvalue weighted by molar-refractivity contribution is -0.274. The van der Waals surface area contributed by atoms with Crippen LogP contribution < -0.4 is 15.4 Å². The van der Waals surface area contributed by atoms with E-state index in [1.165, 1.54) is 29.0 Å². The predicted molar refractivity (Wildman–Crippen MR) is 125 cm³/mol. The molecule has 0 unspecified atom stereocenters. The number of carbonyl (C=O) groups is 2. The number of benzene rings is 2. The minimum atomic E-state index is -4.84. The van der Waals surface area contributed by atoms with Crippen LogP contribution in [0.5, 0.6) is 5.75 Å². The van der Waals surface area contributed by atoms with E-state index < -0.39 is 23.9 Å². The van der Waals surface area contributed by atoms with Gasteiger partial charge in [-0.15, -0.1) is 13.2 Å². The molecule has 0 bridgehead atoms. The third-order valence-corrected chi connectivity index (χ3v) is 5.96. The maximum atomic E-state index is 13.2. The second-order valence-electron chi connectivity index (χ2n) is 8.47. The van der Waals surface area contributed by atoms with Crippen LogP contribution in [-0.4, -0.2) is 37.8 Å². The lowest BCUT2D eigenvalue weighted by atomic mass is 10.1. The first-order valence-electron chi connectivity index (χ1n) is 11.4. The fourth-order valence-electron chi connectivity index (χ4n) is 4.28. The number of aryl methyl sites for hydroxylation is 1. The van der Waals surface area contributed by atoms with Crippen LogP contribution >= 0.6 is 0 Å². The summed E-state index contributed by atoms with van der Waals surface area (Å²) in [6, 6.07) is 13.6. The van der Waals surface area contributed by atoms with Gasteiger partial charge in [-0.3, -0.25) is 9.59 Å². The Balaban J connectivity index is 1.33. The number of nitrogens with one attached hydrogen (secondary N) is 2. The van der Waals surface area contributed by atoms with E-state index in [0.29, 0.717) is 24.0 Å². The molecular weight excluding hydrogens is 503 g/mol. The summed E-state index contributed by atoms with van der Waals surface area (Å²) in [5.41, 5.74) is 2.71. The standard InChI is InChI=1S/C25H18F3N7O3/c26-25(27,28)38-17-3-1-2-15(9-17)12-30-22(36)20-10-21(35-24(34-20)31-13-32-35)23(37)33-19-7-5-16-8-14(11-29)4-6-18(16)19/h1-4,6,8-10,13,19H,5,7,12H2,(H,30,36)(H,33,37)/t19-/m0/s1. The van der Waals surface area contributed by atoms with Crippen molar-refractivity contribution in [2.24, 2.45) is 0 Å². The molecule has 2 amide bonds. The largest absolute Gasteiger partial charge is 0.573 e. The van der Waals surface area contributed by atoms with E-state index in [1.807, 2.05) is 6.07 Å². The number of hydrogen-bond acceptors (Lipinski definition) is 7. The van der Waals surface area contributed by atoms with Gasteiger partial charge >= 0.3 is 6.36 Å². The van der Waals surface area contributed by atoms with Crippen molar-refractivity contribution in [1.29, 1.82) is 5.26 Å². The summed E-state index contributed by atoms with van der Waals surface area (Å²) in [7, 11) is 0. The molecule has 2 heterocycles. The number of halogens is 3. The van der Waals surface area contributed by atoms with Crippen molar-refractivity contribution >= 4 is 17.6 Å². The number of nitriles is 1. The minimum absolute atomic E-state index is 0.0221. The predicted octanol–water partition coefficient (Wildman–Crippen LogP) is 3.24. The Bertz CT molecular complexity index is 1590. The normalized spacial score (nSPS) is 14.5. The smallest absolute Gasteiger partial charge is 0.406 e. The van der Waals surface area contributed by atoms with Crippen molar-refractivity contribution in [2.45, 2.75) is 31.8 Å². The molecule has 0 radical (unpaired) electrons. The molecule has 2 N–H and O–H groups in total.